The minimum atomic E-state index is -4.74. The lowest BCUT2D eigenvalue weighted by Crippen LogP contribution is -2.27. The maximum atomic E-state index is 13.8. The molecule has 0 saturated heterocycles. The maximum Gasteiger partial charge on any atom is 0.417 e. The van der Waals surface area contributed by atoms with E-state index in [1.54, 1.807) is 6.20 Å². The predicted molar refractivity (Wildman–Crippen MR) is 84.3 cm³/mol. The van der Waals surface area contributed by atoms with Gasteiger partial charge in [-0.05, 0) is 26.2 Å². The molecule has 1 aromatic carbocycles. The Morgan fingerprint density at radius 2 is 2.04 bits per heavy atom. The third kappa shape index (κ3) is 4.25. The number of nitrogens with zero attached hydrogens (tertiary/aromatic N) is 2. The second kappa shape index (κ2) is 7.50. The fourth-order valence-electron chi connectivity index (χ4n) is 2.29. The van der Waals surface area contributed by atoms with Gasteiger partial charge < -0.3 is 10.2 Å². The van der Waals surface area contributed by atoms with Crippen LogP contribution in [0.4, 0.5) is 17.6 Å². The summed E-state index contributed by atoms with van der Waals surface area (Å²) in [7, 11) is 3.70. The van der Waals surface area contributed by atoms with Crippen molar-refractivity contribution in [1.29, 1.82) is 0 Å². The van der Waals surface area contributed by atoms with Crippen molar-refractivity contribution in [2.75, 3.05) is 27.2 Å². The fraction of sp³-hybridized carbons (Fsp3) is 0.400. The van der Waals surface area contributed by atoms with E-state index in [-0.39, 0.29) is 11.3 Å². The van der Waals surface area contributed by atoms with Crippen molar-refractivity contribution in [2.24, 2.45) is 0 Å². The van der Waals surface area contributed by atoms with Crippen LogP contribution in [-0.4, -0.2) is 42.3 Å². The fourth-order valence-corrected chi connectivity index (χ4v) is 2.51. The van der Waals surface area contributed by atoms with Crippen molar-refractivity contribution < 1.29 is 17.6 Å². The molecule has 2 rings (SSSR count). The van der Waals surface area contributed by atoms with Gasteiger partial charge in [-0.15, -0.1) is 0 Å². The number of rotatable bonds is 6. The first-order chi connectivity index (χ1) is 11.2. The molecule has 0 unspecified atom stereocenters. The minimum absolute atomic E-state index is 0.0301. The zero-order valence-corrected chi connectivity index (χ0v) is 13.9. The summed E-state index contributed by atoms with van der Waals surface area (Å²) in [4.78, 5) is 1.97. The van der Waals surface area contributed by atoms with E-state index in [2.05, 4.69) is 15.5 Å². The summed E-state index contributed by atoms with van der Waals surface area (Å²) < 4.78 is 52.9. The number of halogens is 5. The summed E-state index contributed by atoms with van der Waals surface area (Å²) in [6.45, 7) is 1.96. The summed E-state index contributed by atoms with van der Waals surface area (Å²) >= 11 is 5.45. The normalized spacial score (nSPS) is 12.2. The molecule has 9 heteroatoms. The van der Waals surface area contributed by atoms with E-state index in [0.717, 1.165) is 25.2 Å². The quantitative estimate of drug-likeness (QED) is 0.771. The van der Waals surface area contributed by atoms with Crippen molar-refractivity contribution in [3.05, 3.63) is 40.3 Å². The van der Waals surface area contributed by atoms with Crippen LogP contribution in [0.2, 0.25) is 5.02 Å². The Hall–Kier alpha value is -1.64. The molecule has 4 nitrogen and oxygen atoms in total. The molecule has 1 heterocycles. The number of likely N-dealkylation sites (N-methyl/N-ethyl adjacent to an activating group) is 2. The molecule has 0 atom stereocenters. The van der Waals surface area contributed by atoms with Crippen LogP contribution in [0.15, 0.2) is 18.3 Å². The third-order valence-corrected chi connectivity index (χ3v) is 3.89. The molecule has 0 bridgehead atoms. The van der Waals surface area contributed by atoms with E-state index >= 15 is 0 Å². The summed E-state index contributed by atoms with van der Waals surface area (Å²) in [5, 5.41) is 8.66. The summed E-state index contributed by atoms with van der Waals surface area (Å²) in [5.41, 5.74) is -0.241. The lowest BCUT2D eigenvalue weighted by molar-refractivity contribution is -0.137. The molecular weight excluding hydrogens is 348 g/mol. The minimum Gasteiger partial charge on any atom is -0.318 e. The van der Waals surface area contributed by atoms with Gasteiger partial charge in [0.1, 0.15) is 5.82 Å². The van der Waals surface area contributed by atoms with Crippen LogP contribution in [0.3, 0.4) is 0 Å². The third-order valence-electron chi connectivity index (χ3n) is 3.51. The second-order valence-corrected chi connectivity index (χ2v) is 5.80. The number of hydrogen-bond acceptors (Lipinski definition) is 3. The van der Waals surface area contributed by atoms with Crippen molar-refractivity contribution >= 4 is 11.6 Å². The van der Waals surface area contributed by atoms with Gasteiger partial charge in [0.2, 0.25) is 0 Å². The van der Waals surface area contributed by atoms with Crippen molar-refractivity contribution in [2.45, 2.75) is 12.7 Å². The smallest absolute Gasteiger partial charge is 0.318 e. The molecule has 2 aromatic rings. The van der Waals surface area contributed by atoms with Gasteiger partial charge in [-0.2, -0.15) is 18.3 Å². The number of benzene rings is 1. The molecular formula is C15H17ClF4N4. The highest BCUT2D eigenvalue weighted by molar-refractivity contribution is 6.31. The van der Waals surface area contributed by atoms with E-state index < -0.39 is 22.6 Å². The Kier molecular flexibility index (Phi) is 5.84. The average molecular weight is 365 g/mol. The summed E-state index contributed by atoms with van der Waals surface area (Å²) in [5.74, 6) is -1.13. The molecule has 0 spiro atoms. The average Bonchev–Trinajstić information content (AvgIpc) is 2.94. The summed E-state index contributed by atoms with van der Waals surface area (Å²) in [6.07, 6.45) is -3.15. The highest BCUT2D eigenvalue weighted by Crippen LogP contribution is 2.39. The highest BCUT2D eigenvalue weighted by atomic mass is 35.5. The molecule has 1 aromatic heterocycles. The van der Waals surface area contributed by atoms with E-state index in [1.165, 1.54) is 0 Å². The Balaban J connectivity index is 2.37. The van der Waals surface area contributed by atoms with Gasteiger partial charge in [-0.1, -0.05) is 11.6 Å². The van der Waals surface area contributed by atoms with Crippen molar-refractivity contribution in [3.8, 4) is 11.3 Å². The Bertz CT molecular complexity index is 699. The lowest BCUT2D eigenvalue weighted by atomic mass is 10.0. The lowest BCUT2D eigenvalue weighted by Gasteiger charge is -2.16. The molecule has 0 radical (unpaired) electrons. The van der Waals surface area contributed by atoms with Crippen LogP contribution in [0.25, 0.3) is 11.3 Å². The van der Waals surface area contributed by atoms with Crippen LogP contribution in [0, 0.1) is 5.82 Å². The molecule has 2 N–H and O–H groups in total. The first-order valence-electron chi connectivity index (χ1n) is 7.16. The van der Waals surface area contributed by atoms with Gasteiger partial charge in [-0.3, -0.25) is 5.10 Å². The van der Waals surface area contributed by atoms with Gasteiger partial charge in [0.25, 0.3) is 0 Å². The number of alkyl halides is 3. The predicted octanol–water partition coefficient (Wildman–Crippen LogP) is 3.54. The number of hydrogen-bond donors (Lipinski definition) is 2. The van der Waals surface area contributed by atoms with Crippen molar-refractivity contribution in [3.63, 3.8) is 0 Å². The van der Waals surface area contributed by atoms with E-state index in [0.29, 0.717) is 12.1 Å². The Morgan fingerprint density at radius 3 is 2.67 bits per heavy atom. The molecule has 0 amide bonds. The van der Waals surface area contributed by atoms with Crippen LogP contribution in [0.1, 0.15) is 11.1 Å². The van der Waals surface area contributed by atoms with Crippen LogP contribution >= 0.6 is 11.6 Å². The van der Waals surface area contributed by atoms with Gasteiger partial charge in [-0.25, -0.2) is 4.39 Å². The van der Waals surface area contributed by atoms with Crippen LogP contribution < -0.4 is 5.32 Å². The first-order valence-corrected chi connectivity index (χ1v) is 7.54. The second-order valence-electron chi connectivity index (χ2n) is 5.42. The molecule has 132 valence electrons. The van der Waals surface area contributed by atoms with Gasteiger partial charge >= 0.3 is 6.18 Å². The first kappa shape index (κ1) is 18.7. The van der Waals surface area contributed by atoms with E-state index in [4.69, 9.17) is 11.6 Å². The Labute approximate surface area is 141 Å². The van der Waals surface area contributed by atoms with Crippen molar-refractivity contribution in [1.82, 2.24) is 20.4 Å². The number of aromatic amines is 1. The molecule has 0 fully saturated rings. The van der Waals surface area contributed by atoms with Crippen LogP contribution in [0.5, 0.6) is 0 Å². The zero-order chi connectivity index (χ0) is 17.9. The standard InChI is InChI=1S/C15H17ClF4N4/c1-21-3-4-24(2)8-10-7-22-23-14(10)9-5-11(15(18,19)20)13(16)12(17)6-9/h5-7,21H,3-4,8H2,1-2H3,(H,22,23). The highest BCUT2D eigenvalue weighted by Gasteiger charge is 2.35. The largest absolute Gasteiger partial charge is 0.417 e. The van der Waals surface area contributed by atoms with E-state index in [1.807, 2.05) is 19.0 Å². The van der Waals surface area contributed by atoms with Gasteiger partial charge in [0.15, 0.2) is 0 Å². The van der Waals surface area contributed by atoms with Gasteiger partial charge in [0.05, 0.1) is 16.3 Å². The monoisotopic (exact) mass is 364 g/mol. The number of nitrogens with one attached hydrogen (secondary N) is 2. The molecule has 0 saturated carbocycles. The molecule has 24 heavy (non-hydrogen) atoms. The maximum absolute atomic E-state index is 13.8. The number of H-pyrrole nitrogens is 1. The summed E-state index contributed by atoms with van der Waals surface area (Å²) in [6, 6.07) is 1.78. The zero-order valence-electron chi connectivity index (χ0n) is 13.1. The van der Waals surface area contributed by atoms with E-state index in [9.17, 15) is 17.6 Å². The number of aromatic nitrogens is 2. The molecule has 0 aliphatic heterocycles. The SMILES string of the molecule is CNCCN(C)Cc1c[nH]nc1-c1cc(F)c(Cl)c(C(F)(F)F)c1. The molecule has 0 aliphatic carbocycles. The van der Waals surface area contributed by atoms with Crippen LogP contribution in [-0.2, 0) is 12.7 Å². The molecule has 0 aliphatic rings. The topological polar surface area (TPSA) is 44.0 Å². The van der Waals surface area contributed by atoms with Gasteiger partial charge in [0, 0.05) is 37.0 Å². The Morgan fingerprint density at radius 1 is 1.33 bits per heavy atom.